The number of amides is 1. The lowest BCUT2D eigenvalue weighted by atomic mass is 10.2. The zero-order chi connectivity index (χ0) is 15.4. The minimum Gasteiger partial charge on any atom is -0.399 e. The van der Waals surface area contributed by atoms with Crippen LogP contribution in [0.5, 0.6) is 0 Å². The largest absolute Gasteiger partial charge is 0.399 e. The SMILES string of the molecule is CC(Sc1cccc(Br)c1)C(=O)Nc1ccc(N)cc1Cl. The standard InChI is InChI=1S/C15H14BrClN2OS/c1-9(21-12-4-2-3-10(16)7-12)15(20)19-14-6-5-11(18)8-13(14)17/h2-9H,18H2,1H3,(H,19,20). The average Bonchev–Trinajstić information content (AvgIpc) is 2.41. The molecule has 1 atom stereocenters. The maximum Gasteiger partial charge on any atom is 0.237 e. The molecule has 6 heteroatoms. The summed E-state index contributed by atoms with van der Waals surface area (Å²) < 4.78 is 0.988. The van der Waals surface area contributed by atoms with Gasteiger partial charge in [-0.1, -0.05) is 33.6 Å². The van der Waals surface area contributed by atoms with Gasteiger partial charge in [0.15, 0.2) is 0 Å². The van der Waals surface area contributed by atoms with Crippen molar-refractivity contribution in [3.8, 4) is 0 Å². The van der Waals surface area contributed by atoms with Crippen molar-refractivity contribution in [1.82, 2.24) is 0 Å². The molecule has 1 amide bonds. The first-order chi connectivity index (χ1) is 9.95. The van der Waals surface area contributed by atoms with E-state index < -0.39 is 0 Å². The molecule has 0 fully saturated rings. The Morgan fingerprint density at radius 2 is 2.10 bits per heavy atom. The molecular weight excluding hydrogens is 372 g/mol. The van der Waals surface area contributed by atoms with E-state index in [2.05, 4.69) is 21.2 Å². The smallest absolute Gasteiger partial charge is 0.237 e. The Morgan fingerprint density at radius 1 is 1.33 bits per heavy atom. The molecule has 3 N–H and O–H groups in total. The lowest BCUT2D eigenvalue weighted by molar-refractivity contribution is -0.115. The van der Waals surface area contributed by atoms with Gasteiger partial charge in [-0.05, 0) is 43.3 Å². The van der Waals surface area contributed by atoms with Crippen molar-refractivity contribution in [3.05, 3.63) is 52.0 Å². The molecule has 0 aliphatic rings. The van der Waals surface area contributed by atoms with E-state index in [9.17, 15) is 4.79 Å². The van der Waals surface area contributed by atoms with E-state index in [-0.39, 0.29) is 11.2 Å². The number of rotatable bonds is 4. The number of carbonyl (C=O) groups excluding carboxylic acids is 1. The predicted molar refractivity (Wildman–Crippen MR) is 94.0 cm³/mol. The molecule has 2 aromatic carbocycles. The normalized spacial score (nSPS) is 12.0. The number of hydrogen-bond donors (Lipinski definition) is 2. The molecule has 0 radical (unpaired) electrons. The topological polar surface area (TPSA) is 55.1 Å². The van der Waals surface area contributed by atoms with Crippen LogP contribution in [0.25, 0.3) is 0 Å². The second-order valence-corrected chi connectivity index (χ2v) is 7.18. The molecule has 2 rings (SSSR count). The summed E-state index contributed by atoms with van der Waals surface area (Å²) >= 11 is 11.0. The summed E-state index contributed by atoms with van der Waals surface area (Å²) in [6.45, 7) is 1.85. The first-order valence-electron chi connectivity index (χ1n) is 6.24. The molecule has 0 aromatic heterocycles. The minimum atomic E-state index is -0.243. The first-order valence-corrected chi connectivity index (χ1v) is 8.29. The van der Waals surface area contributed by atoms with Crippen LogP contribution in [-0.4, -0.2) is 11.2 Å². The zero-order valence-electron chi connectivity index (χ0n) is 11.3. The second-order valence-electron chi connectivity index (χ2n) is 4.45. The van der Waals surface area contributed by atoms with E-state index in [1.54, 1.807) is 18.2 Å². The van der Waals surface area contributed by atoms with Gasteiger partial charge in [-0.2, -0.15) is 0 Å². The van der Waals surface area contributed by atoms with Crippen LogP contribution < -0.4 is 11.1 Å². The maximum absolute atomic E-state index is 12.2. The maximum atomic E-state index is 12.2. The Hall–Kier alpha value is -1.17. The monoisotopic (exact) mass is 384 g/mol. The summed E-state index contributed by atoms with van der Waals surface area (Å²) in [5, 5.41) is 3.00. The summed E-state index contributed by atoms with van der Waals surface area (Å²) in [4.78, 5) is 13.2. The summed E-state index contributed by atoms with van der Waals surface area (Å²) in [5.74, 6) is -0.105. The van der Waals surface area contributed by atoms with Crippen molar-refractivity contribution in [3.63, 3.8) is 0 Å². The first kappa shape index (κ1) is 16.2. The van der Waals surface area contributed by atoms with E-state index in [4.69, 9.17) is 17.3 Å². The third kappa shape index (κ3) is 4.66. The van der Waals surface area contributed by atoms with Crippen LogP contribution in [0.4, 0.5) is 11.4 Å². The van der Waals surface area contributed by atoms with E-state index in [1.807, 2.05) is 31.2 Å². The average molecular weight is 386 g/mol. The molecule has 0 spiro atoms. The molecule has 2 aromatic rings. The van der Waals surface area contributed by atoms with Crippen molar-refractivity contribution in [2.75, 3.05) is 11.1 Å². The van der Waals surface area contributed by atoms with Crippen molar-refractivity contribution in [2.24, 2.45) is 0 Å². The van der Waals surface area contributed by atoms with Crippen LogP contribution in [0, 0.1) is 0 Å². The number of hydrogen-bond acceptors (Lipinski definition) is 3. The fraction of sp³-hybridized carbons (Fsp3) is 0.133. The van der Waals surface area contributed by atoms with Crippen LogP contribution in [0.1, 0.15) is 6.92 Å². The van der Waals surface area contributed by atoms with Crippen LogP contribution in [0.3, 0.4) is 0 Å². The van der Waals surface area contributed by atoms with Gasteiger partial charge in [0.2, 0.25) is 5.91 Å². The zero-order valence-corrected chi connectivity index (χ0v) is 14.4. The summed E-state index contributed by atoms with van der Waals surface area (Å²) in [5.41, 5.74) is 6.76. The highest BCUT2D eigenvalue weighted by atomic mass is 79.9. The Balaban J connectivity index is 2.02. The van der Waals surface area contributed by atoms with Gasteiger partial charge in [0, 0.05) is 15.1 Å². The Labute approximate surface area is 141 Å². The van der Waals surface area contributed by atoms with Gasteiger partial charge in [-0.25, -0.2) is 0 Å². The minimum absolute atomic E-state index is 0.105. The molecule has 21 heavy (non-hydrogen) atoms. The molecule has 1 unspecified atom stereocenters. The number of anilines is 2. The van der Waals surface area contributed by atoms with Crippen molar-refractivity contribution >= 4 is 56.6 Å². The van der Waals surface area contributed by atoms with Gasteiger partial charge in [0.1, 0.15) is 0 Å². The highest BCUT2D eigenvalue weighted by Gasteiger charge is 2.15. The van der Waals surface area contributed by atoms with Crippen LogP contribution >= 0.6 is 39.3 Å². The molecule has 0 saturated carbocycles. The van der Waals surface area contributed by atoms with Gasteiger partial charge in [-0.3, -0.25) is 4.79 Å². The molecule has 0 heterocycles. The second kappa shape index (κ2) is 7.20. The number of thioether (sulfide) groups is 1. The number of nitrogen functional groups attached to an aromatic ring is 1. The Bertz CT molecular complexity index is 666. The lowest BCUT2D eigenvalue weighted by Gasteiger charge is -2.13. The van der Waals surface area contributed by atoms with Crippen LogP contribution in [0.2, 0.25) is 5.02 Å². The molecule has 0 aliphatic heterocycles. The summed E-state index contributed by atoms with van der Waals surface area (Å²) in [6.07, 6.45) is 0. The van der Waals surface area contributed by atoms with Gasteiger partial charge in [0.25, 0.3) is 0 Å². The van der Waals surface area contributed by atoms with E-state index in [1.165, 1.54) is 11.8 Å². The fourth-order valence-electron chi connectivity index (χ4n) is 1.67. The van der Waals surface area contributed by atoms with Gasteiger partial charge in [-0.15, -0.1) is 11.8 Å². The Morgan fingerprint density at radius 3 is 2.76 bits per heavy atom. The number of nitrogens with two attached hydrogens (primary N) is 1. The van der Waals surface area contributed by atoms with Gasteiger partial charge >= 0.3 is 0 Å². The number of benzene rings is 2. The fourth-order valence-corrected chi connectivity index (χ4v) is 3.38. The number of halogens is 2. The molecule has 0 aliphatic carbocycles. The molecular formula is C15H14BrClN2OS. The van der Waals surface area contributed by atoms with E-state index in [0.717, 1.165) is 9.37 Å². The van der Waals surface area contributed by atoms with Crippen molar-refractivity contribution < 1.29 is 4.79 Å². The predicted octanol–water partition coefficient (Wildman–Crippen LogP) is 4.80. The van der Waals surface area contributed by atoms with Crippen LogP contribution in [-0.2, 0) is 4.79 Å². The number of nitrogens with one attached hydrogen (secondary N) is 1. The quantitative estimate of drug-likeness (QED) is 0.587. The van der Waals surface area contributed by atoms with Gasteiger partial charge in [0.05, 0.1) is 16.0 Å². The summed E-state index contributed by atoms with van der Waals surface area (Å²) in [7, 11) is 0. The summed E-state index contributed by atoms with van der Waals surface area (Å²) in [6, 6.07) is 12.8. The van der Waals surface area contributed by atoms with Crippen LogP contribution in [0.15, 0.2) is 51.8 Å². The van der Waals surface area contributed by atoms with Gasteiger partial charge < -0.3 is 11.1 Å². The lowest BCUT2D eigenvalue weighted by Crippen LogP contribution is -2.22. The number of carbonyl (C=O) groups is 1. The third-order valence-corrected chi connectivity index (χ3v) is 4.63. The molecule has 3 nitrogen and oxygen atoms in total. The highest BCUT2D eigenvalue weighted by Crippen LogP contribution is 2.28. The van der Waals surface area contributed by atoms with Crippen molar-refractivity contribution in [2.45, 2.75) is 17.1 Å². The van der Waals surface area contributed by atoms with E-state index in [0.29, 0.717) is 16.4 Å². The Kier molecular flexibility index (Phi) is 5.56. The third-order valence-electron chi connectivity index (χ3n) is 2.73. The van der Waals surface area contributed by atoms with E-state index >= 15 is 0 Å². The molecule has 110 valence electrons. The highest BCUT2D eigenvalue weighted by molar-refractivity contribution is 9.10. The van der Waals surface area contributed by atoms with Crippen molar-refractivity contribution in [1.29, 1.82) is 0 Å². The molecule has 0 bridgehead atoms. The molecule has 0 saturated heterocycles.